The van der Waals surface area contributed by atoms with E-state index in [1.165, 1.54) is 6.20 Å². The number of anilines is 1. The van der Waals surface area contributed by atoms with Gasteiger partial charge in [-0.1, -0.05) is 0 Å². The van der Waals surface area contributed by atoms with Gasteiger partial charge in [-0.15, -0.1) is 0 Å². The predicted molar refractivity (Wildman–Crippen MR) is 134 cm³/mol. The van der Waals surface area contributed by atoms with Crippen LogP contribution in [0.4, 0.5) is 14.9 Å². The summed E-state index contributed by atoms with van der Waals surface area (Å²) in [6.07, 6.45) is -1.38. The van der Waals surface area contributed by atoms with Gasteiger partial charge in [-0.05, 0) is 26.0 Å². The molecule has 0 bridgehead atoms. The molecule has 0 amide bonds. The number of hydrogen-bond donors (Lipinski definition) is 6. The molecule has 0 aliphatic carbocycles. The summed E-state index contributed by atoms with van der Waals surface area (Å²) in [6, 6.07) is 0.701. The number of carboxylic acid groups (broad SMARTS) is 1. The van der Waals surface area contributed by atoms with Crippen LogP contribution in [-0.4, -0.2) is 89.8 Å². The molecule has 2 aliphatic heterocycles. The number of carbonyl (C=O) groups is 1. The summed E-state index contributed by atoms with van der Waals surface area (Å²) in [6.45, 7) is 3.30. The number of aromatic nitrogens is 1. The zero-order chi connectivity index (χ0) is 28.9. The number of rotatable bonds is 8. The molecule has 1 fully saturated rings. The van der Waals surface area contributed by atoms with Gasteiger partial charge in [0.05, 0.1) is 23.1 Å². The normalized spacial score (nSPS) is 18.7. The summed E-state index contributed by atoms with van der Waals surface area (Å²) in [5, 5.41) is 15.4. The van der Waals surface area contributed by atoms with Crippen LogP contribution in [0.3, 0.4) is 0 Å². The zero-order valence-corrected chi connectivity index (χ0v) is 22.4. The molecule has 0 saturated carbocycles. The highest BCUT2D eigenvalue weighted by Gasteiger charge is 2.58. The minimum Gasteiger partial charge on any atom is -0.487 e. The molecule has 2 aromatic rings. The van der Waals surface area contributed by atoms with E-state index in [-0.39, 0.29) is 55.5 Å². The summed E-state index contributed by atoms with van der Waals surface area (Å²) in [4.78, 5) is 64.5. The van der Waals surface area contributed by atoms with Crippen LogP contribution in [0.15, 0.2) is 17.1 Å². The summed E-state index contributed by atoms with van der Waals surface area (Å²) >= 11 is 0. The summed E-state index contributed by atoms with van der Waals surface area (Å²) in [7, 11) is -11.1. The molecule has 6 N–H and O–H groups in total. The lowest BCUT2D eigenvalue weighted by atomic mass is 10.1. The van der Waals surface area contributed by atoms with Crippen molar-refractivity contribution in [3.63, 3.8) is 0 Å². The van der Waals surface area contributed by atoms with Crippen molar-refractivity contribution in [2.45, 2.75) is 30.9 Å². The maximum atomic E-state index is 15.4. The molecule has 1 atom stereocenters. The number of pyridine rings is 1. The van der Waals surface area contributed by atoms with Crippen LogP contribution in [0, 0.1) is 5.82 Å². The Labute approximate surface area is 220 Å². The highest BCUT2D eigenvalue weighted by Crippen LogP contribution is 2.69. The van der Waals surface area contributed by atoms with Crippen molar-refractivity contribution >= 4 is 37.9 Å². The van der Waals surface area contributed by atoms with Crippen molar-refractivity contribution in [2.75, 3.05) is 44.2 Å². The fraction of sp³-hybridized carbons (Fsp3) is 0.524. The average molecular weight is 595 g/mol. The molecule has 18 heteroatoms. The second-order valence-electron chi connectivity index (χ2n) is 9.48. The molecule has 1 aromatic carbocycles. The number of aliphatic hydroxyl groups is 1. The second kappa shape index (κ2) is 10.5. The molecule has 4 rings (SSSR count). The minimum absolute atomic E-state index is 0.0993. The van der Waals surface area contributed by atoms with Crippen molar-refractivity contribution in [1.29, 1.82) is 0 Å². The molecule has 0 spiro atoms. The molecule has 3 heterocycles. The van der Waals surface area contributed by atoms with Gasteiger partial charge < -0.3 is 48.7 Å². The van der Waals surface area contributed by atoms with Gasteiger partial charge in [0.1, 0.15) is 12.3 Å². The number of ether oxygens (including phenoxy) is 2. The third kappa shape index (κ3) is 5.43. The Kier molecular flexibility index (Phi) is 7.89. The van der Waals surface area contributed by atoms with E-state index < -0.39 is 49.8 Å². The first-order chi connectivity index (χ1) is 18.0. The molecule has 216 valence electrons. The fourth-order valence-electron chi connectivity index (χ4n) is 4.84. The molecule has 15 nitrogen and oxygen atoms in total. The summed E-state index contributed by atoms with van der Waals surface area (Å²) in [5.74, 6) is -1.09. The van der Waals surface area contributed by atoms with Crippen molar-refractivity contribution in [2.24, 2.45) is 0 Å². The summed E-state index contributed by atoms with van der Waals surface area (Å²) < 4.78 is 50.5. The van der Waals surface area contributed by atoms with Gasteiger partial charge in [-0.25, -0.2) is 9.18 Å². The van der Waals surface area contributed by atoms with Crippen LogP contribution < -0.4 is 19.8 Å². The molecule has 2 aliphatic rings. The third-order valence-corrected chi connectivity index (χ3v) is 10.8. The van der Waals surface area contributed by atoms with E-state index in [1.807, 2.05) is 4.90 Å². The number of piperazine rings is 1. The smallest absolute Gasteiger partial charge is 0.487 e. The molecule has 39 heavy (non-hydrogen) atoms. The van der Waals surface area contributed by atoms with Gasteiger partial charge in [-0.3, -0.25) is 18.8 Å². The van der Waals surface area contributed by atoms with Crippen LogP contribution >= 0.6 is 15.2 Å². The molecule has 1 saturated heterocycles. The van der Waals surface area contributed by atoms with E-state index in [0.717, 1.165) is 6.07 Å². The van der Waals surface area contributed by atoms with Crippen LogP contribution in [0.25, 0.3) is 10.9 Å². The largest absolute Gasteiger partial charge is 0.511 e. The number of halogens is 1. The molecule has 1 aromatic heterocycles. The second-order valence-corrected chi connectivity index (χ2v) is 13.5. The lowest BCUT2D eigenvalue weighted by molar-refractivity contribution is 0.116. The van der Waals surface area contributed by atoms with Crippen LogP contribution in [0.2, 0.25) is 0 Å². The first kappa shape index (κ1) is 29.4. The van der Waals surface area contributed by atoms with E-state index in [1.54, 1.807) is 16.4 Å². The molecule has 1 unspecified atom stereocenters. The van der Waals surface area contributed by atoms with Crippen LogP contribution in [0.5, 0.6) is 11.5 Å². The highest BCUT2D eigenvalue weighted by atomic mass is 31.2. The third-order valence-electron chi connectivity index (χ3n) is 6.91. The average Bonchev–Trinajstić information content (AvgIpc) is 2.82. The van der Waals surface area contributed by atoms with Crippen LogP contribution in [-0.2, 0) is 9.13 Å². The first-order valence-corrected chi connectivity index (χ1v) is 15.0. The van der Waals surface area contributed by atoms with Crippen molar-refractivity contribution in [3.8, 4) is 11.5 Å². The maximum Gasteiger partial charge on any atom is 0.511 e. The van der Waals surface area contributed by atoms with Crippen LogP contribution in [0.1, 0.15) is 25.8 Å². The van der Waals surface area contributed by atoms with E-state index in [9.17, 15) is 43.4 Å². The van der Waals surface area contributed by atoms with E-state index in [4.69, 9.17) is 9.84 Å². The van der Waals surface area contributed by atoms with E-state index >= 15 is 4.39 Å². The van der Waals surface area contributed by atoms with E-state index in [0.29, 0.717) is 18.6 Å². The lowest BCUT2D eigenvalue weighted by Gasteiger charge is -2.38. The standard InChI is InChI=1S/C21H28FN3O12P2/c1-12-11-36-19-16-13(18(26)15(10-25(12)16)37-20(27)28)9-14(22)17(19)24-7-5-23(6-8-24)4-2-3-21(29,38(30,31)32)39(33,34)35/h9-10,12,29H,2-8,11H2,1H3,(H,27,28)(H2,30,31,32)(H2,33,34,35). The maximum absolute atomic E-state index is 15.4. The fourth-order valence-corrected chi connectivity index (χ4v) is 7.10. The molecule has 0 radical (unpaired) electrons. The SMILES string of the molecule is CC1COc2c(N3CCN(CCCC(O)(P(=O)(O)O)P(=O)(O)O)CC3)c(F)cc3c(=O)c(OC(=O)O)cn1c23. The number of nitrogens with zero attached hydrogens (tertiary/aromatic N) is 3. The first-order valence-electron chi connectivity index (χ1n) is 11.8. The minimum atomic E-state index is -5.53. The predicted octanol–water partition coefficient (Wildman–Crippen LogP) is 1.05. The number of benzene rings is 1. The Hall–Kier alpha value is -2.55. The monoisotopic (exact) mass is 595 g/mol. The van der Waals surface area contributed by atoms with Crippen molar-refractivity contribution in [1.82, 2.24) is 9.47 Å². The lowest BCUT2D eigenvalue weighted by Crippen LogP contribution is -2.47. The Morgan fingerprint density at radius 2 is 1.79 bits per heavy atom. The quantitative estimate of drug-likeness (QED) is 0.186. The Bertz CT molecular complexity index is 1420. The molecular weight excluding hydrogens is 567 g/mol. The van der Waals surface area contributed by atoms with E-state index in [2.05, 4.69) is 4.74 Å². The number of hydrogen-bond acceptors (Lipinski definition) is 9. The van der Waals surface area contributed by atoms with Gasteiger partial charge in [0.15, 0.2) is 17.3 Å². The van der Waals surface area contributed by atoms with Crippen molar-refractivity contribution < 1.29 is 57.6 Å². The van der Waals surface area contributed by atoms with Gasteiger partial charge in [0.2, 0.25) is 5.43 Å². The topological polar surface area (TPSA) is 220 Å². The van der Waals surface area contributed by atoms with Gasteiger partial charge >= 0.3 is 21.3 Å². The van der Waals surface area contributed by atoms with Gasteiger partial charge in [0.25, 0.3) is 5.08 Å². The van der Waals surface area contributed by atoms with Crippen molar-refractivity contribution in [3.05, 3.63) is 28.3 Å². The molecular formula is C21H28FN3O12P2. The Morgan fingerprint density at radius 3 is 2.36 bits per heavy atom. The van der Waals surface area contributed by atoms with Gasteiger partial charge in [-0.2, -0.15) is 0 Å². The Morgan fingerprint density at radius 1 is 1.18 bits per heavy atom. The summed E-state index contributed by atoms with van der Waals surface area (Å²) in [5.41, 5.74) is -0.389. The highest BCUT2D eigenvalue weighted by molar-refractivity contribution is 7.72. The zero-order valence-electron chi connectivity index (χ0n) is 20.6. The Balaban J connectivity index is 1.54. The van der Waals surface area contributed by atoms with Gasteiger partial charge in [0, 0.05) is 32.6 Å².